The summed E-state index contributed by atoms with van der Waals surface area (Å²) in [6.07, 6.45) is 7.56. The molecule has 0 fully saturated rings. The molecule has 0 spiro atoms. The van der Waals surface area contributed by atoms with Crippen LogP contribution < -0.4 is 5.32 Å². The van der Waals surface area contributed by atoms with E-state index in [9.17, 15) is 0 Å². The van der Waals surface area contributed by atoms with E-state index in [1.54, 1.807) is 0 Å². The first-order chi connectivity index (χ1) is 6.31. The summed E-state index contributed by atoms with van der Waals surface area (Å²) in [6, 6.07) is 0. The van der Waals surface area contributed by atoms with E-state index in [0.717, 1.165) is 5.92 Å². The van der Waals surface area contributed by atoms with Crippen LogP contribution in [0.1, 0.15) is 39.5 Å². The van der Waals surface area contributed by atoms with Crippen molar-refractivity contribution < 1.29 is 0 Å². The molecule has 0 aliphatic rings. The smallest absolute Gasteiger partial charge is 0.00464 e. The average Bonchev–Trinajstić information content (AvgIpc) is 2.13. The standard InChI is InChI=1S/C11H25NS/c1-4-8-12-9-7-11(2)6-5-10-13-3/h11-12H,4-10H2,1-3H3. The zero-order chi connectivity index (χ0) is 9.94. The Labute approximate surface area is 88.1 Å². The van der Waals surface area contributed by atoms with Crippen LogP contribution in [0.2, 0.25) is 0 Å². The van der Waals surface area contributed by atoms with Gasteiger partial charge in [0.05, 0.1) is 0 Å². The van der Waals surface area contributed by atoms with Gasteiger partial charge in [0.15, 0.2) is 0 Å². The molecule has 0 saturated carbocycles. The number of hydrogen-bond acceptors (Lipinski definition) is 2. The molecule has 1 N–H and O–H groups in total. The molecule has 13 heavy (non-hydrogen) atoms. The molecule has 80 valence electrons. The molecular formula is C11H25NS. The van der Waals surface area contributed by atoms with E-state index >= 15 is 0 Å². The minimum atomic E-state index is 0.900. The summed E-state index contributed by atoms with van der Waals surface area (Å²) >= 11 is 1.96. The second-order valence-corrected chi connectivity index (χ2v) is 4.76. The van der Waals surface area contributed by atoms with E-state index in [4.69, 9.17) is 0 Å². The van der Waals surface area contributed by atoms with E-state index in [2.05, 4.69) is 25.4 Å². The quantitative estimate of drug-likeness (QED) is 0.578. The lowest BCUT2D eigenvalue weighted by molar-refractivity contribution is 0.467. The molecule has 0 amide bonds. The van der Waals surface area contributed by atoms with Crippen LogP contribution in [-0.2, 0) is 0 Å². The summed E-state index contributed by atoms with van der Waals surface area (Å²) in [5.74, 6) is 2.23. The van der Waals surface area contributed by atoms with Crippen molar-refractivity contribution in [2.24, 2.45) is 5.92 Å². The third kappa shape index (κ3) is 10.2. The van der Waals surface area contributed by atoms with Gasteiger partial charge in [-0.05, 0) is 56.7 Å². The molecule has 0 bridgehead atoms. The monoisotopic (exact) mass is 203 g/mol. The second-order valence-electron chi connectivity index (χ2n) is 3.78. The van der Waals surface area contributed by atoms with Crippen LogP contribution in [0.15, 0.2) is 0 Å². The van der Waals surface area contributed by atoms with Gasteiger partial charge in [-0.25, -0.2) is 0 Å². The van der Waals surface area contributed by atoms with Crippen molar-refractivity contribution in [1.29, 1.82) is 0 Å². The molecule has 0 rings (SSSR count). The first-order valence-corrected chi connectivity index (χ1v) is 6.90. The molecule has 0 radical (unpaired) electrons. The molecule has 0 aromatic heterocycles. The Morgan fingerprint density at radius 1 is 1.23 bits per heavy atom. The Balaban J connectivity index is 3.05. The lowest BCUT2D eigenvalue weighted by Gasteiger charge is -2.10. The zero-order valence-corrected chi connectivity index (χ0v) is 10.3. The van der Waals surface area contributed by atoms with Crippen LogP contribution in [0.25, 0.3) is 0 Å². The highest BCUT2D eigenvalue weighted by Gasteiger charge is 2.00. The molecule has 1 atom stereocenters. The topological polar surface area (TPSA) is 12.0 Å². The maximum absolute atomic E-state index is 3.45. The van der Waals surface area contributed by atoms with Crippen molar-refractivity contribution in [1.82, 2.24) is 5.32 Å². The van der Waals surface area contributed by atoms with Crippen LogP contribution in [0, 0.1) is 5.92 Å². The van der Waals surface area contributed by atoms with Crippen LogP contribution in [0.4, 0.5) is 0 Å². The SMILES string of the molecule is CCCNCCC(C)CCCSC. The first-order valence-electron chi connectivity index (χ1n) is 5.50. The van der Waals surface area contributed by atoms with Gasteiger partial charge in [-0.1, -0.05) is 13.8 Å². The van der Waals surface area contributed by atoms with Gasteiger partial charge in [0.25, 0.3) is 0 Å². The fourth-order valence-electron chi connectivity index (χ4n) is 1.37. The number of thioether (sulfide) groups is 1. The van der Waals surface area contributed by atoms with Crippen LogP contribution in [0.3, 0.4) is 0 Å². The van der Waals surface area contributed by atoms with Crippen LogP contribution in [0.5, 0.6) is 0 Å². The van der Waals surface area contributed by atoms with Crippen molar-refractivity contribution in [3.05, 3.63) is 0 Å². The van der Waals surface area contributed by atoms with Crippen molar-refractivity contribution in [2.45, 2.75) is 39.5 Å². The molecule has 0 aromatic rings. The van der Waals surface area contributed by atoms with Crippen LogP contribution >= 0.6 is 11.8 Å². The Morgan fingerprint density at radius 2 is 2.00 bits per heavy atom. The Hall–Kier alpha value is 0.310. The summed E-state index contributed by atoms with van der Waals surface area (Å²) in [5, 5.41) is 3.45. The lowest BCUT2D eigenvalue weighted by Crippen LogP contribution is -2.18. The maximum atomic E-state index is 3.45. The molecule has 2 heteroatoms. The molecule has 0 aliphatic heterocycles. The minimum absolute atomic E-state index is 0.900. The molecule has 0 saturated heterocycles. The molecular weight excluding hydrogens is 178 g/mol. The summed E-state index contributed by atoms with van der Waals surface area (Å²) in [6.45, 7) is 6.97. The Bertz CT molecular complexity index is 96.1. The number of nitrogens with one attached hydrogen (secondary N) is 1. The first kappa shape index (κ1) is 13.3. The molecule has 1 unspecified atom stereocenters. The van der Waals surface area contributed by atoms with E-state index in [1.165, 1.54) is 44.5 Å². The van der Waals surface area contributed by atoms with E-state index < -0.39 is 0 Å². The van der Waals surface area contributed by atoms with E-state index in [-0.39, 0.29) is 0 Å². The summed E-state index contributed by atoms with van der Waals surface area (Å²) in [4.78, 5) is 0. The fraction of sp³-hybridized carbons (Fsp3) is 1.00. The summed E-state index contributed by atoms with van der Waals surface area (Å²) in [7, 11) is 0. The lowest BCUT2D eigenvalue weighted by atomic mass is 10.0. The number of rotatable bonds is 9. The molecule has 0 heterocycles. The summed E-state index contributed by atoms with van der Waals surface area (Å²) < 4.78 is 0. The van der Waals surface area contributed by atoms with Gasteiger partial charge in [-0.3, -0.25) is 0 Å². The second kappa shape index (κ2) is 10.4. The predicted molar refractivity (Wildman–Crippen MR) is 64.6 cm³/mol. The van der Waals surface area contributed by atoms with Crippen LogP contribution in [-0.4, -0.2) is 25.1 Å². The van der Waals surface area contributed by atoms with Gasteiger partial charge in [0, 0.05) is 0 Å². The Kier molecular flexibility index (Phi) is 10.6. The molecule has 0 aromatic carbocycles. The third-order valence-electron chi connectivity index (χ3n) is 2.29. The van der Waals surface area contributed by atoms with E-state index in [1.807, 2.05) is 11.8 Å². The largest absolute Gasteiger partial charge is 0.317 e. The van der Waals surface area contributed by atoms with Crippen molar-refractivity contribution >= 4 is 11.8 Å². The van der Waals surface area contributed by atoms with E-state index in [0.29, 0.717) is 0 Å². The zero-order valence-electron chi connectivity index (χ0n) is 9.44. The average molecular weight is 203 g/mol. The highest BCUT2D eigenvalue weighted by molar-refractivity contribution is 7.98. The van der Waals surface area contributed by atoms with Gasteiger partial charge < -0.3 is 5.32 Å². The van der Waals surface area contributed by atoms with Gasteiger partial charge >= 0.3 is 0 Å². The van der Waals surface area contributed by atoms with Crippen molar-refractivity contribution in [3.63, 3.8) is 0 Å². The van der Waals surface area contributed by atoms with Gasteiger partial charge in [0.1, 0.15) is 0 Å². The fourth-order valence-corrected chi connectivity index (χ4v) is 1.83. The highest BCUT2D eigenvalue weighted by atomic mass is 32.2. The number of hydrogen-bond donors (Lipinski definition) is 1. The predicted octanol–water partition coefficient (Wildman–Crippen LogP) is 3.16. The minimum Gasteiger partial charge on any atom is -0.317 e. The van der Waals surface area contributed by atoms with Crippen molar-refractivity contribution in [2.75, 3.05) is 25.1 Å². The maximum Gasteiger partial charge on any atom is -0.00464 e. The molecule has 1 nitrogen and oxygen atoms in total. The normalized spacial score (nSPS) is 13.2. The molecule has 0 aliphatic carbocycles. The highest BCUT2D eigenvalue weighted by Crippen LogP contribution is 2.11. The van der Waals surface area contributed by atoms with Crippen molar-refractivity contribution in [3.8, 4) is 0 Å². The summed E-state index contributed by atoms with van der Waals surface area (Å²) in [5.41, 5.74) is 0. The van der Waals surface area contributed by atoms with Gasteiger partial charge in [0.2, 0.25) is 0 Å². The van der Waals surface area contributed by atoms with Gasteiger partial charge in [-0.2, -0.15) is 11.8 Å². The third-order valence-corrected chi connectivity index (χ3v) is 2.98. The Morgan fingerprint density at radius 3 is 2.62 bits per heavy atom. The van der Waals surface area contributed by atoms with Gasteiger partial charge in [-0.15, -0.1) is 0 Å².